The number of hydrogen-bond acceptors (Lipinski definition) is 5. The maximum atomic E-state index is 11.8. The monoisotopic (exact) mass is 400 g/mol. The van der Waals surface area contributed by atoms with Gasteiger partial charge in [-0.15, -0.1) is 11.3 Å². The summed E-state index contributed by atoms with van der Waals surface area (Å²) in [7, 11) is 0. The summed E-state index contributed by atoms with van der Waals surface area (Å²) in [6, 6.07) is 12.0. The molecule has 1 aromatic carbocycles. The van der Waals surface area contributed by atoms with Gasteiger partial charge >= 0.3 is 0 Å². The molecule has 2 N–H and O–H groups in total. The molecule has 0 bridgehead atoms. The standard InChI is InChI=1S/C20H24N4OS2/c1-14(2)12-19(25)22-16-7-5-15(6-8-16)18-13-27-20(24-23-18)21-10-9-17-4-3-11-26-17/h3-8,11,14H,9-10,12-13H2,1-2H3,(H,21,24)(H,22,25). The fourth-order valence-electron chi connectivity index (χ4n) is 2.60. The molecular weight excluding hydrogens is 376 g/mol. The van der Waals surface area contributed by atoms with E-state index in [1.807, 2.05) is 38.1 Å². The Morgan fingerprint density at radius 1 is 1.30 bits per heavy atom. The van der Waals surface area contributed by atoms with Crippen LogP contribution < -0.4 is 10.7 Å². The topological polar surface area (TPSA) is 65.8 Å². The highest BCUT2D eigenvalue weighted by Gasteiger charge is 2.13. The molecule has 0 radical (unpaired) electrons. The highest BCUT2D eigenvalue weighted by atomic mass is 32.2. The van der Waals surface area contributed by atoms with Gasteiger partial charge in [-0.05, 0) is 35.1 Å². The van der Waals surface area contributed by atoms with Crippen molar-refractivity contribution >= 4 is 45.6 Å². The van der Waals surface area contributed by atoms with Gasteiger partial charge in [0.25, 0.3) is 0 Å². The van der Waals surface area contributed by atoms with Crippen LogP contribution in [0.1, 0.15) is 30.7 Å². The Labute approximate surface area is 168 Å². The number of carbonyl (C=O) groups excluding carboxylic acids is 1. The first-order valence-corrected chi connectivity index (χ1v) is 10.9. The molecule has 0 fully saturated rings. The Kier molecular flexibility index (Phi) is 7.06. The van der Waals surface area contributed by atoms with Gasteiger partial charge in [-0.1, -0.05) is 43.8 Å². The van der Waals surface area contributed by atoms with Crippen LogP contribution in [0.25, 0.3) is 0 Å². The van der Waals surface area contributed by atoms with Gasteiger partial charge in [0.1, 0.15) is 0 Å². The Morgan fingerprint density at radius 3 is 2.74 bits per heavy atom. The number of benzene rings is 1. The summed E-state index contributed by atoms with van der Waals surface area (Å²) < 4.78 is 0. The van der Waals surface area contributed by atoms with Crippen molar-refractivity contribution in [1.29, 1.82) is 0 Å². The lowest BCUT2D eigenvalue weighted by atomic mass is 10.1. The predicted octanol–water partition coefficient (Wildman–Crippen LogP) is 4.37. The first kappa shape index (κ1) is 19.6. The van der Waals surface area contributed by atoms with E-state index in [1.165, 1.54) is 4.88 Å². The number of nitrogens with zero attached hydrogens (tertiary/aromatic N) is 2. The van der Waals surface area contributed by atoms with Crippen molar-refractivity contribution in [3.8, 4) is 0 Å². The largest absolute Gasteiger partial charge is 0.326 e. The van der Waals surface area contributed by atoms with E-state index in [1.54, 1.807) is 23.1 Å². The van der Waals surface area contributed by atoms with Crippen molar-refractivity contribution < 1.29 is 4.79 Å². The number of anilines is 1. The third-order valence-electron chi connectivity index (χ3n) is 3.92. The smallest absolute Gasteiger partial charge is 0.224 e. The Bertz CT molecular complexity index is 811. The van der Waals surface area contributed by atoms with Gasteiger partial charge in [0.05, 0.1) is 5.71 Å². The molecule has 2 aromatic rings. The van der Waals surface area contributed by atoms with E-state index in [2.05, 4.69) is 38.3 Å². The van der Waals surface area contributed by atoms with Crippen LogP contribution in [0.4, 0.5) is 5.69 Å². The molecule has 1 amide bonds. The van der Waals surface area contributed by atoms with E-state index in [0.29, 0.717) is 12.3 Å². The summed E-state index contributed by atoms with van der Waals surface area (Å²) in [4.78, 5) is 17.8. The molecule has 2 heterocycles. The van der Waals surface area contributed by atoms with Gasteiger partial charge in [-0.25, -0.2) is 0 Å². The van der Waals surface area contributed by atoms with Gasteiger partial charge in [0, 0.05) is 35.7 Å². The van der Waals surface area contributed by atoms with Crippen molar-refractivity contribution in [3.63, 3.8) is 0 Å². The zero-order chi connectivity index (χ0) is 19.1. The average Bonchev–Trinajstić information content (AvgIpc) is 3.16. The van der Waals surface area contributed by atoms with Crippen molar-refractivity contribution in [1.82, 2.24) is 5.43 Å². The van der Waals surface area contributed by atoms with E-state index >= 15 is 0 Å². The summed E-state index contributed by atoms with van der Waals surface area (Å²) in [5.74, 6) is 1.18. The number of aliphatic imine (C=N–C) groups is 1. The van der Waals surface area contributed by atoms with Crippen LogP contribution in [0.15, 0.2) is 51.9 Å². The van der Waals surface area contributed by atoms with E-state index in [-0.39, 0.29) is 5.91 Å². The molecule has 1 aliphatic heterocycles. The average molecular weight is 401 g/mol. The first-order valence-electron chi connectivity index (χ1n) is 9.02. The molecule has 3 rings (SSSR count). The highest BCUT2D eigenvalue weighted by molar-refractivity contribution is 8.14. The maximum absolute atomic E-state index is 11.8. The number of nitrogens with one attached hydrogen (secondary N) is 2. The quantitative estimate of drug-likeness (QED) is 0.725. The van der Waals surface area contributed by atoms with Crippen LogP contribution in [0.3, 0.4) is 0 Å². The fourth-order valence-corrected chi connectivity index (χ4v) is 4.09. The van der Waals surface area contributed by atoms with Crippen molar-refractivity contribution in [2.75, 3.05) is 17.6 Å². The summed E-state index contributed by atoms with van der Waals surface area (Å²) in [6.45, 7) is 4.84. The van der Waals surface area contributed by atoms with E-state index in [0.717, 1.165) is 40.8 Å². The Balaban J connectivity index is 1.51. The van der Waals surface area contributed by atoms with E-state index in [9.17, 15) is 4.79 Å². The minimum Gasteiger partial charge on any atom is -0.326 e. The third-order valence-corrected chi connectivity index (χ3v) is 5.77. The molecule has 27 heavy (non-hydrogen) atoms. The SMILES string of the molecule is CC(C)CC(=O)Nc1ccc(C2=NNC(=NCCc3cccs3)SC2)cc1. The molecular formula is C20H24N4OS2. The Morgan fingerprint density at radius 2 is 2.11 bits per heavy atom. The zero-order valence-electron chi connectivity index (χ0n) is 15.6. The number of carbonyl (C=O) groups is 1. The molecule has 142 valence electrons. The van der Waals surface area contributed by atoms with Gasteiger partial charge in [0.15, 0.2) is 5.17 Å². The lowest BCUT2D eigenvalue weighted by Gasteiger charge is -2.15. The number of hydrazone groups is 1. The van der Waals surface area contributed by atoms with Crippen LogP contribution in [0.2, 0.25) is 0 Å². The second kappa shape index (κ2) is 9.71. The van der Waals surface area contributed by atoms with Crippen LogP contribution in [0, 0.1) is 5.92 Å². The van der Waals surface area contributed by atoms with Gasteiger partial charge in [-0.2, -0.15) is 5.10 Å². The number of hydrogen-bond donors (Lipinski definition) is 2. The molecule has 7 heteroatoms. The maximum Gasteiger partial charge on any atom is 0.224 e. The van der Waals surface area contributed by atoms with Crippen molar-refractivity contribution in [2.24, 2.45) is 16.0 Å². The van der Waals surface area contributed by atoms with Crippen LogP contribution >= 0.6 is 23.1 Å². The molecule has 0 atom stereocenters. The molecule has 0 aliphatic carbocycles. The normalized spacial score (nSPS) is 15.5. The fraction of sp³-hybridized carbons (Fsp3) is 0.350. The van der Waals surface area contributed by atoms with E-state index < -0.39 is 0 Å². The summed E-state index contributed by atoms with van der Waals surface area (Å²) in [6.07, 6.45) is 1.49. The molecule has 0 unspecified atom stereocenters. The van der Waals surface area contributed by atoms with Gasteiger partial charge in [0.2, 0.25) is 5.91 Å². The summed E-state index contributed by atoms with van der Waals surface area (Å²) in [5.41, 5.74) is 5.90. The second-order valence-corrected chi connectivity index (χ2v) is 8.70. The Hall–Kier alpha value is -2.12. The summed E-state index contributed by atoms with van der Waals surface area (Å²) >= 11 is 3.43. The molecule has 1 aromatic heterocycles. The highest BCUT2D eigenvalue weighted by Crippen LogP contribution is 2.17. The molecule has 0 saturated carbocycles. The van der Waals surface area contributed by atoms with E-state index in [4.69, 9.17) is 0 Å². The summed E-state index contributed by atoms with van der Waals surface area (Å²) in [5, 5.41) is 10.3. The van der Waals surface area contributed by atoms with Crippen LogP contribution in [0.5, 0.6) is 0 Å². The predicted molar refractivity (Wildman–Crippen MR) is 117 cm³/mol. The number of amidine groups is 1. The number of amides is 1. The lowest BCUT2D eigenvalue weighted by Crippen LogP contribution is -2.25. The van der Waals surface area contributed by atoms with Crippen LogP contribution in [-0.2, 0) is 11.2 Å². The van der Waals surface area contributed by atoms with Crippen LogP contribution in [-0.4, -0.2) is 29.1 Å². The van der Waals surface area contributed by atoms with Gasteiger partial charge < -0.3 is 5.32 Å². The molecule has 0 spiro atoms. The molecule has 1 aliphatic rings. The number of thiophene rings is 1. The van der Waals surface area contributed by atoms with Crippen molar-refractivity contribution in [2.45, 2.75) is 26.7 Å². The molecule has 5 nitrogen and oxygen atoms in total. The third kappa shape index (κ3) is 6.22. The lowest BCUT2D eigenvalue weighted by molar-refractivity contribution is -0.116. The number of rotatable bonds is 7. The van der Waals surface area contributed by atoms with Crippen molar-refractivity contribution in [3.05, 3.63) is 52.2 Å². The minimum absolute atomic E-state index is 0.0494. The second-order valence-electron chi connectivity index (χ2n) is 6.70. The first-order chi connectivity index (χ1) is 13.1. The minimum atomic E-state index is 0.0494. The molecule has 0 saturated heterocycles. The zero-order valence-corrected chi connectivity index (χ0v) is 17.2. The number of thioether (sulfide) groups is 1. The van der Waals surface area contributed by atoms with Gasteiger partial charge in [-0.3, -0.25) is 15.2 Å².